The molecule has 13 aromatic rings. The molecule has 0 aliphatic rings. The number of hydrogen-bond acceptors (Lipinski definition) is 5. The topological polar surface area (TPSA) is 65.0 Å². The van der Waals surface area contributed by atoms with Gasteiger partial charge in [-0.3, -0.25) is 0 Å². The summed E-state index contributed by atoms with van der Waals surface area (Å²) in [5.74, 6) is 1.69. The highest BCUT2D eigenvalue weighted by molar-refractivity contribution is 6.15. The van der Waals surface area contributed by atoms with Gasteiger partial charge in [0.1, 0.15) is 22.3 Å². The number of rotatable bonds is 5. The zero-order valence-electron chi connectivity index (χ0n) is 33.2. The van der Waals surface area contributed by atoms with E-state index in [4.69, 9.17) is 23.8 Å². The number of benzene rings is 10. The van der Waals surface area contributed by atoms with E-state index in [0.29, 0.717) is 17.5 Å². The molecule has 0 bridgehead atoms. The second-order valence-corrected chi connectivity index (χ2v) is 15.9. The zero-order valence-corrected chi connectivity index (χ0v) is 33.2. The summed E-state index contributed by atoms with van der Waals surface area (Å²) in [6, 6.07) is 70.0. The molecule has 10 aromatic carbocycles. The van der Waals surface area contributed by atoms with Crippen molar-refractivity contribution in [2.75, 3.05) is 0 Å². The van der Waals surface area contributed by atoms with E-state index in [-0.39, 0.29) is 0 Å². The SMILES string of the molecule is c1ccc(-c2cccc3oc4ccc(-c5ccc6ccc7ccccc7c6c5)cc4c23)c(-c2nc(-c3ccc4ccccc4c3)nc(-c3cccc4c3oc3ccccc34)n2)c1. The van der Waals surface area contributed by atoms with Crippen LogP contribution in [0.15, 0.2) is 209 Å². The lowest BCUT2D eigenvalue weighted by atomic mass is 9.93. The van der Waals surface area contributed by atoms with Gasteiger partial charge in [0.15, 0.2) is 17.5 Å². The summed E-state index contributed by atoms with van der Waals surface area (Å²) in [4.78, 5) is 15.8. The van der Waals surface area contributed by atoms with Crippen LogP contribution in [0.3, 0.4) is 0 Å². The van der Waals surface area contributed by atoms with Crippen LogP contribution in [0.4, 0.5) is 0 Å². The Kier molecular flexibility index (Phi) is 7.54. The zero-order chi connectivity index (χ0) is 40.7. The summed E-state index contributed by atoms with van der Waals surface area (Å²) in [6.07, 6.45) is 0. The quantitative estimate of drug-likeness (QED) is 0.162. The third kappa shape index (κ3) is 5.45. The Morgan fingerprint density at radius 3 is 1.71 bits per heavy atom. The molecule has 0 amide bonds. The summed E-state index contributed by atoms with van der Waals surface area (Å²) in [5, 5.41) is 11.4. The molecule has 3 heterocycles. The fraction of sp³-hybridized carbons (Fsp3) is 0. The van der Waals surface area contributed by atoms with Crippen molar-refractivity contribution < 1.29 is 8.83 Å². The van der Waals surface area contributed by atoms with E-state index in [1.807, 2.05) is 36.4 Å². The normalized spacial score (nSPS) is 11.9. The molecule has 0 unspecified atom stereocenters. The minimum Gasteiger partial charge on any atom is -0.456 e. The maximum Gasteiger partial charge on any atom is 0.167 e. The molecule has 0 aliphatic heterocycles. The van der Waals surface area contributed by atoms with Crippen molar-refractivity contribution in [2.45, 2.75) is 0 Å². The number of fused-ring (bicyclic) bond motifs is 10. The van der Waals surface area contributed by atoms with E-state index in [1.165, 1.54) is 21.5 Å². The van der Waals surface area contributed by atoms with Crippen molar-refractivity contribution in [1.82, 2.24) is 15.0 Å². The van der Waals surface area contributed by atoms with Gasteiger partial charge >= 0.3 is 0 Å². The minimum absolute atomic E-state index is 0.539. The van der Waals surface area contributed by atoms with E-state index in [1.54, 1.807) is 0 Å². The van der Waals surface area contributed by atoms with Crippen LogP contribution >= 0.6 is 0 Å². The first-order valence-electron chi connectivity index (χ1n) is 20.8. The van der Waals surface area contributed by atoms with E-state index < -0.39 is 0 Å². The van der Waals surface area contributed by atoms with Gasteiger partial charge in [0, 0.05) is 32.7 Å². The van der Waals surface area contributed by atoms with Gasteiger partial charge in [0.05, 0.1) is 5.56 Å². The van der Waals surface area contributed by atoms with Crippen LogP contribution in [0, 0.1) is 0 Å². The van der Waals surface area contributed by atoms with Gasteiger partial charge in [-0.1, -0.05) is 158 Å². The van der Waals surface area contributed by atoms with E-state index >= 15 is 0 Å². The maximum atomic E-state index is 6.58. The average Bonchev–Trinajstić information content (AvgIpc) is 3.92. The van der Waals surface area contributed by atoms with Gasteiger partial charge in [-0.15, -0.1) is 0 Å². The molecule has 0 radical (unpaired) electrons. The molecule has 288 valence electrons. The molecule has 0 fully saturated rings. The van der Waals surface area contributed by atoms with Crippen LogP contribution in [-0.4, -0.2) is 15.0 Å². The highest BCUT2D eigenvalue weighted by Crippen LogP contribution is 2.43. The van der Waals surface area contributed by atoms with Crippen LogP contribution < -0.4 is 0 Å². The number of furan rings is 2. The minimum atomic E-state index is 0.539. The van der Waals surface area contributed by atoms with Crippen molar-refractivity contribution in [3.8, 4) is 56.4 Å². The summed E-state index contributed by atoms with van der Waals surface area (Å²) in [6.45, 7) is 0. The third-order valence-corrected chi connectivity index (χ3v) is 12.3. The highest BCUT2D eigenvalue weighted by Gasteiger charge is 2.21. The predicted molar refractivity (Wildman–Crippen MR) is 254 cm³/mol. The predicted octanol–water partition coefficient (Wildman–Crippen LogP) is 15.5. The van der Waals surface area contributed by atoms with Crippen molar-refractivity contribution in [3.63, 3.8) is 0 Å². The van der Waals surface area contributed by atoms with Gasteiger partial charge in [-0.2, -0.15) is 0 Å². The van der Waals surface area contributed by atoms with Crippen molar-refractivity contribution >= 4 is 76.2 Å². The molecule has 0 spiro atoms. The Labute approximate surface area is 355 Å². The van der Waals surface area contributed by atoms with Gasteiger partial charge in [-0.25, -0.2) is 15.0 Å². The molecule has 0 aliphatic carbocycles. The summed E-state index contributed by atoms with van der Waals surface area (Å²) in [5.41, 5.74) is 10.1. The van der Waals surface area contributed by atoms with Gasteiger partial charge in [-0.05, 0) is 97.0 Å². The summed E-state index contributed by atoms with van der Waals surface area (Å²) >= 11 is 0. The lowest BCUT2D eigenvalue weighted by Gasteiger charge is -2.13. The molecule has 13 rings (SSSR count). The van der Waals surface area contributed by atoms with E-state index in [9.17, 15) is 0 Å². The molecule has 0 atom stereocenters. The Balaban J connectivity index is 1.01. The summed E-state index contributed by atoms with van der Waals surface area (Å²) < 4.78 is 13.1. The molecule has 5 nitrogen and oxygen atoms in total. The number of hydrogen-bond donors (Lipinski definition) is 0. The van der Waals surface area contributed by atoms with Gasteiger partial charge < -0.3 is 8.83 Å². The monoisotopic (exact) mass is 791 g/mol. The fourth-order valence-electron chi connectivity index (χ4n) is 9.32. The van der Waals surface area contributed by atoms with Crippen LogP contribution in [0.1, 0.15) is 0 Å². The van der Waals surface area contributed by atoms with Crippen LogP contribution in [0.5, 0.6) is 0 Å². The largest absolute Gasteiger partial charge is 0.456 e. The molecular weight excluding hydrogens is 759 g/mol. The Morgan fingerprint density at radius 1 is 0.274 bits per heavy atom. The summed E-state index contributed by atoms with van der Waals surface area (Å²) in [7, 11) is 0. The first-order valence-corrected chi connectivity index (χ1v) is 20.8. The van der Waals surface area contributed by atoms with E-state index in [0.717, 1.165) is 93.6 Å². The smallest absolute Gasteiger partial charge is 0.167 e. The molecule has 62 heavy (non-hydrogen) atoms. The van der Waals surface area contributed by atoms with Crippen LogP contribution in [-0.2, 0) is 0 Å². The average molecular weight is 792 g/mol. The van der Waals surface area contributed by atoms with E-state index in [2.05, 4.69) is 164 Å². The highest BCUT2D eigenvalue weighted by atomic mass is 16.3. The third-order valence-electron chi connectivity index (χ3n) is 12.3. The second-order valence-electron chi connectivity index (χ2n) is 15.9. The number of aromatic nitrogens is 3. The first kappa shape index (κ1) is 34.5. The molecular formula is C57H33N3O2. The molecule has 0 saturated heterocycles. The Bertz CT molecular complexity index is 3950. The molecule has 5 heteroatoms. The first-order chi connectivity index (χ1) is 30.7. The molecule has 0 saturated carbocycles. The Morgan fingerprint density at radius 2 is 0.823 bits per heavy atom. The second kappa shape index (κ2) is 13.6. The van der Waals surface area contributed by atoms with Gasteiger partial charge in [0.25, 0.3) is 0 Å². The van der Waals surface area contributed by atoms with Crippen molar-refractivity contribution in [2.24, 2.45) is 0 Å². The van der Waals surface area contributed by atoms with Crippen LogP contribution in [0.25, 0.3) is 133 Å². The van der Waals surface area contributed by atoms with Gasteiger partial charge in [0.2, 0.25) is 0 Å². The standard InChI is InChI=1S/C57H33N3O2/c1-2-13-37-31-40(28-23-34(37)11-1)55-58-56(60-57(59-55)47-20-9-19-45-43-16-7-8-21-50(43)62-54(45)47)46-17-6-5-15-42(46)44-18-10-22-52-53(44)49-33-39(29-30-51(49)61-52)38-27-26-36-25-24-35-12-3-4-14-41(35)48(36)32-38/h1-33H. The molecule has 3 aromatic heterocycles. The lowest BCUT2D eigenvalue weighted by molar-refractivity contribution is 0.669. The van der Waals surface area contributed by atoms with Crippen LogP contribution in [0.2, 0.25) is 0 Å². The lowest BCUT2D eigenvalue weighted by Crippen LogP contribution is -2.01. The van der Waals surface area contributed by atoms with Crippen molar-refractivity contribution in [3.05, 3.63) is 200 Å². The maximum absolute atomic E-state index is 6.58. The molecule has 0 N–H and O–H groups in total. The fourth-order valence-corrected chi connectivity index (χ4v) is 9.32. The number of nitrogens with zero attached hydrogens (tertiary/aromatic N) is 3. The Hall–Kier alpha value is -8.41. The number of para-hydroxylation sites is 2. The van der Waals surface area contributed by atoms with Crippen molar-refractivity contribution in [1.29, 1.82) is 0 Å².